The Bertz CT molecular complexity index is 986. The maximum Gasteiger partial charge on any atom is 0.338 e. The van der Waals surface area contributed by atoms with E-state index in [1.54, 1.807) is 13.2 Å². The van der Waals surface area contributed by atoms with Crippen LogP contribution < -0.4 is 4.74 Å². The molecule has 1 aliphatic carbocycles. The van der Waals surface area contributed by atoms with E-state index in [-0.39, 0.29) is 17.5 Å². The van der Waals surface area contributed by atoms with Crippen molar-refractivity contribution >= 4 is 29.2 Å². The van der Waals surface area contributed by atoms with E-state index < -0.39 is 11.8 Å². The van der Waals surface area contributed by atoms with Crippen molar-refractivity contribution in [3.05, 3.63) is 62.9 Å². The van der Waals surface area contributed by atoms with Gasteiger partial charge < -0.3 is 14.6 Å². The van der Waals surface area contributed by atoms with Gasteiger partial charge in [0, 0.05) is 23.2 Å². The Hall–Kier alpha value is -1.86. The predicted octanol–water partition coefficient (Wildman–Crippen LogP) is 6.19. The first-order valence-corrected chi connectivity index (χ1v) is 12.0. The largest absolute Gasteiger partial charge is 0.493 e. The fourth-order valence-corrected chi connectivity index (χ4v) is 5.09. The summed E-state index contributed by atoms with van der Waals surface area (Å²) in [5, 5.41) is 10.4. The van der Waals surface area contributed by atoms with Gasteiger partial charge in [-0.05, 0) is 86.0 Å². The number of carbonyl (C=O) groups is 1. The summed E-state index contributed by atoms with van der Waals surface area (Å²) >= 11 is 12.4. The number of methoxy groups -OCH3 is 1. The summed E-state index contributed by atoms with van der Waals surface area (Å²) in [6, 6.07) is 8.33. The van der Waals surface area contributed by atoms with Gasteiger partial charge in [-0.25, -0.2) is 9.18 Å². The van der Waals surface area contributed by atoms with Crippen LogP contribution in [0, 0.1) is 11.7 Å². The number of hydrogen-bond donors (Lipinski definition) is 1. The van der Waals surface area contributed by atoms with Gasteiger partial charge in [0.25, 0.3) is 0 Å². The van der Waals surface area contributed by atoms with Crippen molar-refractivity contribution in [3.63, 3.8) is 0 Å². The first-order chi connectivity index (χ1) is 15.9. The standard InChI is InChI=1S/C25H28Cl2FNO4/c1-32-14-23(17-8-18(26)10-19(27)9-17)29-6-4-15(5-7-29)13-33-24-12-22(28)21(25(30)31)11-20(24)16-2-3-16/h8-12,15-16,23H,2-7,13-14H2,1H3,(H,30,31). The molecule has 1 saturated carbocycles. The van der Waals surface area contributed by atoms with Gasteiger partial charge in [-0.15, -0.1) is 0 Å². The molecule has 1 unspecified atom stereocenters. The SMILES string of the molecule is COCC(c1cc(Cl)cc(Cl)c1)N1CCC(COc2cc(F)c(C(=O)O)cc2C2CC2)CC1. The van der Waals surface area contributed by atoms with Crippen molar-refractivity contribution < 1.29 is 23.8 Å². The zero-order valence-electron chi connectivity index (χ0n) is 18.5. The molecule has 0 spiro atoms. The van der Waals surface area contributed by atoms with Gasteiger partial charge in [0.15, 0.2) is 0 Å². The zero-order chi connectivity index (χ0) is 23.5. The predicted molar refractivity (Wildman–Crippen MR) is 126 cm³/mol. The van der Waals surface area contributed by atoms with Gasteiger partial charge in [0.05, 0.1) is 24.8 Å². The topological polar surface area (TPSA) is 59.0 Å². The summed E-state index contributed by atoms with van der Waals surface area (Å²) in [5.41, 5.74) is 1.55. The molecule has 0 amide bonds. The molecule has 0 bridgehead atoms. The Morgan fingerprint density at radius 2 is 1.79 bits per heavy atom. The Morgan fingerprint density at radius 3 is 2.36 bits per heavy atom. The van der Waals surface area contributed by atoms with E-state index in [2.05, 4.69) is 4.90 Å². The molecule has 8 heteroatoms. The van der Waals surface area contributed by atoms with Crippen molar-refractivity contribution in [3.8, 4) is 5.75 Å². The van der Waals surface area contributed by atoms with Crippen molar-refractivity contribution in [2.45, 2.75) is 37.6 Å². The van der Waals surface area contributed by atoms with E-state index in [0.29, 0.717) is 34.9 Å². The minimum absolute atomic E-state index is 0.0622. The quantitative estimate of drug-likeness (QED) is 0.449. The smallest absolute Gasteiger partial charge is 0.338 e. The average molecular weight is 496 g/mol. The second-order valence-electron chi connectivity index (χ2n) is 8.91. The number of hydrogen-bond acceptors (Lipinski definition) is 4. The van der Waals surface area contributed by atoms with Crippen molar-refractivity contribution in [2.24, 2.45) is 5.92 Å². The van der Waals surface area contributed by atoms with Gasteiger partial charge in [-0.1, -0.05) is 23.2 Å². The van der Waals surface area contributed by atoms with E-state index >= 15 is 0 Å². The molecule has 2 aliphatic rings. The molecule has 4 rings (SSSR count). The lowest BCUT2D eigenvalue weighted by Gasteiger charge is -2.37. The number of rotatable bonds is 9. The molecule has 1 saturated heterocycles. The van der Waals surface area contributed by atoms with Crippen LogP contribution in [-0.4, -0.2) is 49.4 Å². The van der Waals surface area contributed by atoms with Crippen LogP contribution in [0.25, 0.3) is 0 Å². The number of benzene rings is 2. The lowest BCUT2D eigenvalue weighted by atomic mass is 9.95. The first-order valence-electron chi connectivity index (χ1n) is 11.2. The molecule has 2 aromatic carbocycles. The van der Waals surface area contributed by atoms with E-state index in [1.807, 2.05) is 12.1 Å². The lowest BCUT2D eigenvalue weighted by Crippen LogP contribution is -2.39. The fourth-order valence-electron chi connectivity index (χ4n) is 4.55. The van der Waals surface area contributed by atoms with Crippen LogP contribution in [0.1, 0.15) is 59.1 Å². The van der Waals surface area contributed by atoms with E-state index in [4.69, 9.17) is 32.7 Å². The molecule has 2 aromatic rings. The maximum atomic E-state index is 14.3. The summed E-state index contributed by atoms with van der Waals surface area (Å²) in [6.45, 7) is 2.76. The van der Waals surface area contributed by atoms with Gasteiger partial charge in [0.2, 0.25) is 0 Å². The van der Waals surface area contributed by atoms with Gasteiger partial charge >= 0.3 is 5.97 Å². The fraction of sp³-hybridized carbons (Fsp3) is 0.480. The molecule has 1 aliphatic heterocycles. The Morgan fingerprint density at radius 1 is 1.12 bits per heavy atom. The highest BCUT2D eigenvalue weighted by molar-refractivity contribution is 6.34. The van der Waals surface area contributed by atoms with E-state index in [9.17, 15) is 14.3 Å². The number of ether oxygens (including phenoxy) is 2. The second-order valence-corrected chi connectivity index (χ2v) is 9.79. The highest BCUT2D eigenvalue weighted by atomic mass is 35.5. The number of halogens is 3. The molecule has 0 aromatic heterocycles. The molecule has 1 heterocycles. The minimum atomic E-state index is -1.25. The molecule has 33 heavy (non-hydrogen) atoms. The summed E-state index contributed by atoms with van der Waals surface area (Å²) in [7, 11) is 1.69. The monoisotopic (exact) mass is 495 g/mol. The number of aromatic carboxylic acids is 1. The third-order valence-corrected chi connectivity index (χ3v) is 6.94. The number of carboxylic acids is 1. The van der Waals surface area contributed by atoms with Crippen LogP contribution in [0.5, 0.6) is 5.75 Å². The van der Waals surface area contributed by atoms with Crippen LogP contribution in [-0.2, 0) is 4.74 Å². The Balaban J connectivity index is 1.38. The van der Waals surface area contributed by atoms with Crippen LogP contribution >= 0.6 is 23.2 Å². The zero-order valence-corrected chi connectivity index (χ0v) is 20.0. The van der Waals surface area contributed by atoms with Crippen LogP contribution in [0.2, 0.25) is 10.0 Å². The van der Waals surface area contributed by atoms with Crippen LogP contribution in [0.15, 0.2) is 30.3 Å². The van der Waals surface area contributed by atoms with Crippen molar-refractivity contribution in [1.29, 1.82) is 0 Å². The molecular weight excluding hydrogens is 468 g/mol. The van der Waals surface area contributed by atoms with Crippen molar-refractivity contribution in [1.82, 2.24) is 4.90 Å². The summed E-state index contributed by atoms with van der Waals surface area (Å²) in [5.74, 6) is -0.922. The maximum absolute atomic E-state index is 14.3. The Kier molecular flexibility index (Phi) is 7.80. The molecule has 2 fully saturated rings. The normalized spacial score (nSPS) is 18.3. The molecular formula is C25H28Cl2FNO4. The summed E-state index contributed by atoms with van der Waals surface area (Å²) in [6.07, 6.45) is 3.83. The van der Waals surface area contributed by atoms with Crippen LogP contribution in [0.3, 0.4) is 0 Å². The molecule has 1 N–H and O–H groups in total. The van der Waals surface area contributed by atoms with Gasteiger partial charge in [-0.3, -0.25) is 4.90 Å². The summed E-state index contributed by atoms with van der Waals surface area (Å²) < 4.78 is 25.8. The van der Waals surface area contributed by atoms with Crippen LogP contribution in [0.4, 0.5) is 4.39 Å². The highest BCUT2D eigenvalue weighted by Gasteiger charge is 2.31. The minimum Gasteiger partial charge on any atom is -0.493 e. The first kappa shape index (κ1) is 24.3. The molecule has 1 atom stereocenters. The van der Waals surface area contributed by atoms with Gasteiger partial charge in [0.1, 0.15) is 11.6 Å². The van der Waals surface area contributed by atoms with Gasteiger partial charge in [-0.2, -0.15) is 0 Å². The lowest BCUT2D eigenvalue weighted by molar-refractivity contribution is 0.0556. The second kappa shape index (κ2) is 10.6. The summed E-state index contributed by atoms with van der Waals surface area (Å²) in [4.78, 5) is 13.7. The van der Waals surface area contributed by atoms with E-state index in [1.165, 1.54) is 12.1 Å². The third-order valence-electron chi connectivity index (χ3n) is 6.51. The molecule has 178 valence electrons. The number of piperidine rings is 1. The highest BCUT2D eigenvalue weighted by Crippen LogP contribution is 2.45. The number of nitrogens with zero attached hydrogens (tertiary/aromatic N) is 1. The van der Waals surface area contributed by atoms with Crippen molar-refractivity contribution in [2.75, 3.05) is 33.4 Å². The molecule has 5 nitrogen and oxygen atoms in total. The average Bonchev–Trinajstić information content (AvgIpc) is 3.61. The number of likely N-dealkylation sites (tertiary alicyclic amines) is 1. The van der Waals surface area contributed by atoms with E-state index in [0.717, 1.165) is 49.9 Å². The third kappa shape index (κ3) is 5.99. The number of carboxylic acid groups (broad SMARTS) is 1. The molecule has 0 radical (unpaired) electrons. The Labute approximate surface area is 203 Å².